The van der Waals surface area contributed by atoms with Gasteiger partial charge >= 0.3 is 0 Å². The van der Waals surface area contributed by atoms with Crippen LogP contribution in [0.1, 0.15) is 88.1 Å². The topological polar surface area (TPSA) is 91.3 Å². The highest BCUT2D eigenvalue weighted by atomic mass is 16.5. The molecule has 0 radical (unpaired) electrons. The van der Waals surface area contributed by atoms with Crippen molar-refractivity contribution >= 4 is 17.5 Å². The Kier molecular flexibility index (Phi) is 13.7. The highest BCUT2D eigenvalue weighted by Crippen LogP contribution is 2.29. The molecule has 1 fully saturated rings. The Hall–Kier alpha value is -2.94. The fourth-order valence-electron chi connectivity index (χ4n) is 6.64. The average Bonchev–Trinajstić information content (AvgIpc) is 3.03. The summed E-state index contributed by atoms with van der Waals surface area (Å²) in [7, 11) is 2.19. The van der Waals surface area contributed by atoms with Crippen molar-refractivity contribution in [1.82, 2.24) is 9.80 Å². The molecule has 0 saturated heterocycles. The molecule has 4 atom stereocenters. The third-order valence-electron chi connectivity index (χ3n) is 9.33. The van der Waals surface area contributed by atoms with E-state index in [-0.39, 0.29) is 43.0 Å². The molecule has 2 amide bonds. The molecule has 1 heterocycles. The maximum absolute atomic E-state index is 14.4. The molecule has 0 bridgehead atoms. The lowest BCUT2D eigenvalue weighted by atomic mass is 9.89. The maximum Gasteiger partial charge on any atom is 0.258 e. The first-order chi connectivity index (χ1) is 21.7. The number of aliphatic hydroxyl groups is 1. The van der Waals surface area contributed by atoms with E-state index in [1.165, 1.54) is 32.1 Å². The number of aliphatic hydroxyl groups excluding tert-OH is 1. The van der Waals surface area contributed by atoms with E-state index in [0.29, 0.717) is 30.2 Å². The highest BCUT2D eigenvalue weighted by Gasteiger charge is 2.31. The molecule has 1 aliphatic heterocycles. The minimum Gasteiger partial charge on any atom is -0.490 e. The molecule has 0 aromatic heterocycles. The Balaban J connectivity index is 1.56. The van der Waals surface area contributed by atoms with Gasteiger partial charge in [-0.3, -0.25) is 9.59 Å². The van der Waals surface area contributed by atoms with Crippen LogP contribution in [0.4, 0.5) is 5.69 Å². The Labute approximate surface area is 270 Å². The molecule has 2 aromatic rings. The van der Waals surface area contributed by atoms with Crippen molar-refractivity contribution in [2.75, 3.05) is 45.2 Å². The molecule has 4 rings (SSSR count). The van der Waals surface area contributed by atoms with Gasteiger partial charge in [-0.25, -0.2) is 0 Å². The van der Waals surface area contributed by atoms with Crippen LogP contribution >= 0.6 is 0 Å². The van der Waals surface area contributed by atoms with Gasteiger partial charge in [0.15, 0.2) is 0 Å². The number of benzene rings is 2. The summed E-state index contributed by atoms with van der Waals surface area (Å²) < 4.78 is 12.9. The number of likely N-dealkylation sites (N-methyl/N-ethyl adjacent to an activating group) is 1. The lowest BCUT2D eigenvalue weighted by Gasteiger charge is -2.36. The highest BCUT2D eigenvalue weighted by molar-refractivity contribution is 6.00. The Morgan fingerprint density at radius 2 is 1.76 bits per heavy atom. The van der Waals surface area contributed by atoms with Crippen LogP contribution in [-0.2, 0) is 16.0 Å². The summed E-state index contributed by atoms with van der Waals surface area (Å²) >= 11 is 0. The zero-order valence-electron chi connectivity index (χ0n) is 27.9. The van der Waals surface area contributed by atoms with Crippen LogP contribution in [0.25, 0.3) is 0 Å². The fraction of sp³-hybridized carbons (Fsp3) is 0.622. The quantitative estimate of drug-likeness (QED) is 0.348. The van der Waals surface area contributed by atoms with E-state index < -0.39 is 6.04 Å². The van der Waals surface area contributed by atoms with Crippen LogP contribution in [0.2, 0.25) is 0 Å². The van der Waals surface area contributed by atoms with Crippen molar-refractivity contribution < 1.29 is 24.2 Å². The van der Waals surface area contributed by atoms with Crippen molar-refractivity contribution in [3.05, 3.63) is 59.7 Å². The molecule has 45 heavy (non-hydrogen) atoms. The van der Waals surface area contributed by atoms with E-state index in [1.807, 2.05) is 44.2 Å². The van der Waals surface area contributed by atoms with E-state index in [9.17, 15) is 14.7 Å². The number of hydrogen-bond donors (Lipinski definition) is 2. The van der Waals surface area contributed by atoms with E-state index in [4.69, 9.17) is 9.47 Å². The van der Waals surface area contributed by atoms with Gasteiger partial charge in [-0.05, 0) is 82.7 Å². The molecule has 248 valence electrons. The minimum absolute atomic E-state index is 0.0387. The predicted molar refractivity (Wildman–Crippen MR) is 180 cm³/mol. The Morgan fingerprint density at radius 3 is 2.49 bits per heavy atom. The lowest BCUT2D eigenvalue weighted by Crippen LogP contribution is -2.47. The van der Waals surface area contributed by atoms with Gasteiger partial charge in [0, 0.05) is 37.8 Å². The molecule has 0 unspecified atom stereocenters. The van der Waals surface area contributed by atoms with Crippen molar-refractivity contribution in [3.8, 4) is 5.75 Å². The summed E-state index contributed by atoms with van der Waals surface area (Å²) in [6, 6.07) is 14.5. The van der Waals surface area contributed by atoms with Crippen molar-refractivity contribution in [2.45, 2.75) is 96.8 Å². The summed E-state index contributed by atoms with van der Waals surface area (Å²) in [5, 5.41) is 13.2. The molecule has 1 aliphatic carbocycles. The van der Waals surface area contributed by atoms with Crippen LogP contribution in [0.5, 0.6) is 5.75 Å². The first kappa shape index (κ1) is 34.9. The summed E-state index contributed by atoms with van der Waals surface area (Å²) in [4.78, 5) is 31.4. The normalized spacial score (nSPS) is 23.1. The molecule has 2 aromatic carbocycles. The second-order valence-electron chi connectivity index (χ2n) is 13.4. The van der Waals surface area contributed by atoms with Gasteiger partial charge in [0.25, 0.3) is 5.91 Å². The van der Waals surface area contributed by atoms with E-state index >= 15 is 0 Å². The summed E-state index contributed by atoms with van der Waals surface area (Å²) in [6.45, 7) is 8.86. The van der Waals surface area contributed by atoms with Crippen LogP contribution in [0, 0.1) is 11.8 Å². The van der Waals surface area contributed by atoms with Crippen LogP contribution < -0.4 is 10.1 Å². The standard InChI is InChI=1S/C37H55N3O5/c1-27-23-40(28(2)26-41)37(43)33-22-32(38-36(42)21-30-14-7-5-8-15-30)18-19-34(33)45-29(3)13-11-12-20-44-35(27)25-39(4)24-31-16-9-6-10-17-31/h5,7-8,14-15,18-19,22,27-29,31,35,41H,6,9-13,16-17,20-21,23-26H2,1-4H3,(H,38,42)/t27-,28+,29+,35-/m1/s1. The van der Waals surface area contributed by atoms with Crippen molar-refractivity contribution in [1.29, 1.82) is 0 Å². The number of ether oxygens (including phenoxy) is 2. The molecule has 2 N–H and O–H groups in total. The third kappa shape index (κ3) is 10.8. The number of carbonyl (C=O) groups is 2. The first-order valence-electron chi connectivity index (χ1n) is 17.1. The number of anilines is 1. The maximum atomic E-state index is 14.4. The SMILES string of the molecule is C[C@@H]1CN([C@@H](C)CO)C(=O)c2cc(NC(=O)Cc3ccccc3)ccc2O[C@@H](C)CCCCO[C@@H]1CN(C)CC1CCCCC1. The lowest BCUT2D eigenvalue weighted by molar-refractivity contribution is -0.115. The van der Waals surface area contributed by atoms with Gasteiger partial charge in [-0.2, -0.15) is 0 Å². The fourth-order valence-corrected chi connectivity index (χ4v) is 6.64. The second kappa shape index (κ2) is 17.7. The van der Waals surface area contributed by atoms with Crippen molar-refractivity contribution in [2.24, 2.45) is 11.8 Å². The number of amides is 2. The monoisotopic (exact) mass is 621 g/mol. The van der Waals surface area contributed by atoms with Crippen LogP contribution in [0.3, 0.4) is 0 Å². The third-order valence-corrected chi connectivity index (χ3v) is 9.33. The Bertz CT molecular complexity index is 1200. The average molecular weight is 622 g/mol. The number of rotatable bonds is 9. The first-order valence-corrected chi connectivity index (χ1v) is 17.1. The largest absolute Gasteiger partial charge is 0.490 e. The van der Waals surface area contributed by atoms with Crippen LogP contribution in [0.15, 0.2) is 48.5 Å². The summed E-state index contributed by atoms with van der Waals surface area (Å²) in [6.07, 6.45) is 9.45. The van der Waals surface area contributed by atoms with Gasteiger partial charge < -0.3 is 29.7 Å². The van der Waals surface area contributed by atoms with Gasteiger partial charge in [0.05, 0.1) is 36.8 Å². The van der Waals surface area contributed by atoms with E-state index in [0.717, 1.165) is 43.8 Å². The Morgan fingerprint density at radius 1 is 1.02 bits per heavy atom. The van der Waals surface area contributed by atoms with Gasteiger partial charge in [0.1, 0.15) is 5.75 Å². The van der Waals surface area contributed by atoms with Gasteiger partial charge in [-0.15, -0.1) is 0 Å². The van der Waals surface area contributed by atoms with E-state index in [1.54, 1.807) is 23.1 Å². The summed E-state index contributed by atoms with van der Waals surface area (Å²) in [5.74, 6) is 0.891. The zero-order chi connectivity index (χ0) is 32.2. The molecule has 8 heteroatoms. The number of fused-ring (bicyclic) bond motifs is 1. The second-order valence-corrected chi connectivity index (χ2v) is 13.4. The van der Waals surface area contributed by atoms with E-state index in [2.05, 4.69) is 24.2 Å². The molecule has 1 saturated carbocycles. The predicted octanol–water partition coefficient (Wildman–Crippen LogP) is 6.18. The van der Waals surface area contributed by atoms with Gasteiger partial charge in [0.2, 0.25) is 5.91 Å². The zero-order valence-corrected chi connectivity index (χ0v) is 27.9. The number of hydrogen-bond acceptors (Lipinski definition) is 6. The summed E-state index contributed by atoms with van der Waals surface area (Å²) in [5.41, 5.74) is 1.84. The molecular formula is C37H55N3O5. The number of nitrogens with one attached hydrogen (secondary N) is 1. The molecular weight excluding hydrogens is 566 g/mol. The number of carbonyl (C=O) groups excluding carboxylic acids is 2. The minimum atomic E-state index is -0.407. The smallest absolute Gasteiger partial charge is 0.258 e. The molecule has 0 spiro atoms. The molecule has 8 nitrogen and oxygen atoms in total. The number of nitrogens with zero attached hydrogens (tertiary/aromatic N) is 2. The van der Waals surface area contributed by atoms with Crippen molar-refractivity contribution in [3.63, 3.8) is 0 Å². The van der Waals surface area contributed by atoms with Gasteiger partial charge in [-0.1, -0.05) is 56.5 Å². The molecule has 2 aliphatic rings. The van der Waals surface area contributed by atoms with Crippen LogP contribution in [-0.4, -0.2) is 84.9 Å².